The van der Waals surface area contributed by atoms with Gasteiger partial charge >= 0.3 is 5.63 Å². The molecule has 1 amide bonds. The van der Waals surface area contributed by atoms with E-state index in [-0.39, 0.29) is 11.5 Å². The fourth-order valence-electron chi connectivity index (χ4n) is 2.53. The zero-order valence-corrected chi connectivity index (χ0v) is 14.3. The van der Waals surface area contributed by atoms with Gasteiger partial charge in [0.2, 0.25) is 0 Å². The summed E-state index contributed by atoms with van der Waals surface area (Å²) in [5.74, 6) is -0.386. The SMILES string of the molecule is CCCCNC(=O)c1cc2c(ccc3cc(Br)ccc32)oc1=O. The molecule has 0 saturated carbocycles. The molecule has 0 aliphatic carbocycles. The first-order valence-corrected chi connectivity index (χ1v) is 8.34. The third-order valence-corrected chi connectivity index (χ3v) is 4.25. The molecule has 0 bridgehead atoms. The quantitative estimate of drug-likeness (QED) is 0.422. The van der Waals surface area contributed by atoms with Crippen LogP contribution in [0.1, 0.15) is 30.1 Å². The van der Waals surface area contributed by atoms with E-state index in [2.05, 4.69) is 21.2 Å². The van der Waals surface area contributed by atoms with E-state index >= 15 is 0 Å². The lowest BCUT2D eigenvalue weighted by Crippen LogP contribution is -2.28. The van der Waals surface area contributed by atoms with Crippen LogP contribution in [-0.4, -0.2) is 12.5 Å². The van der Waals surface area contributed by atoms with Gasteiger partial charge in [0.15, 0.2) is 0 Å². The Bertz CT molecular complexity index is 946. The Morgan fingerprint density at radius 2 is 2.00 bits per heavy atom. The van der Waals surface area contributed by atoms with Crippen molar-refractivity contribution in [2.24, 2.45) is 0 Å². The van der Waals surface area contributed by atoms with E-state index in [9.17, 15) is 9.59 Å². The second kappa shape index (κ2) is 6.54. The third-order valence-electron chi connectivity index (χ3n) is 3.76. The van der Waals surface area contributed by atoms with Crippen LogP contribution in [0.4, 0.5) is 0 Å². The number of benzene rings is 2. The van der Waals surface area contributed by atoms with Crippen LogP contribution in [-0.2, 0) is 0 Å². The van der Waals surface area contributed by atoms with Gasteiger partial charge in [0, 0.05) is 16.4 Å². The Kier molecular flexibility index (Phi) is 4.48. The van der Waals surface area contributed by atoms with E-state index in [0.29, 0.717) is 12.1 Å². The topological polar surface area (TPSA) is 59.3 Å². The Hall–Kier alpha value is -2.14. The number of carbonyl (C=O) groups is 1. The van der Waals surface area contributed by atoms with Crippen molar-refractivity contribution in [1.82, 2.24) is 5.32 Å². The van der Waals surface area contributed by atoms with Crippen molar-refractivity contribution >= 4 is 43.6 Å². The Morgan fingerprint density at radius 1 is 1.17 bits per heavy atom. The summed E-state index contributed by atoms with van der Waals surface area (Å²) < 4.78 is 6.30. The molecule has 4 nitrogen and oxygen atoms in total. The summed E-state index contributed by atoms with van der Waals surface area (Å²) >= 11 is 3.44. The molecule has 0 unspecified atom stereocenters. The maximum absolute atomic E-state index is 12.2. The molecule has 0 spiro atoms. The molecule has 3 rings (SSSR count). The van der Waals surface area contributed by atoms with Crippen LogP contribution in [0.5, 0.6) is 0 Å². The van der Waals surface area contributed by atoms with Crippen LogP contribution in [0.2, 0.25) is 0 Å². The normalized spacial score (nSPS) is 11.0. The summed E-state index contributed by atoms with van der Waals surface area (Å²) in [5, 5.41) is 5.47. The molecule has 0 saturated heterocycles. The van der Waals surface area contributed by atoms with Gasteiger partial charge in [-0.3, -0.25) is 4.79 Å². The van der Waals surface area contributed by atoms with Gasteiger partial charge < -0.3 is 9.73 Å². The maximum Gasteiger partial charge on any atom is 0.349 e. The molecule has 1 aromatic heterocycles. The van der Waals surface area contributed by atoms with Crippen molar-refractivity contribution < 1.29 is 9.21 Å². The Balaban J connectivity index is 2.13. The molecule has 2 aromatic carbocycles. The number of nitrogens with one attached hydrogen (secondary N) is 1. The second-order valence-electron chi connectivity index (χ2n) is 5.40. The van der Waals surface area contributed by atoms with Gasteiger partial charge in [0.05, 0.1) is 0 Å². The van der Waals surface area contributed by atoms with Crippen LogP contribution in [0.3, 0.4) is 0 Å². The minimum absolute atomic E-state index is 0.0454. The fourth-order valence-corrected chi connectivity index (χ4v) is 2.91. The van der Waals surface area contributed by atoms with E-state index < -0.39 is 5.63 Å². The van der Waals surface area contributed by atoms with Crippen molar-refractivity contribution in [2.45, 2.75) is 19.8 Å². The summed E-state index contributed by atoms with van der Waals surface area (Å²) in [6.45, 7) is 2.59. The van der Waals surface area contributed by atoms with Gasteiger partial charge in [0.1, 0.15) is 11.1 Å². The third kappa shape index (κ3) is 3.15. The highest BCUT2D eigenvalue weighted by Crippen LogP contribution is 2.27. The summed E-state index contributed by atoms with van der Waals surface area (Å²) in [6.07, 6.45) is 1.85. The minimum Gasteiger partial charge on any atom is -0.422 e. The molecule has 0 atom stereocenters. The van der Waals surface area contributed by atoms with E-state index in [1.54, 1.807) is 12.1 Å². The first kappa shape index (κ1) is 15.7. The zero-order chi connectivity index (χ0) is 16.4. The number of carbonyl (C=O) groups excluding carboxylic acids is 1. The van der Waals surface area contributed by atoms with E-state index in [1.807, 2.05) is 31.2 Å². The lowest BCUT2D eigenvalue weighted by Gasteiger charge is -2.07. The van der Waals surface area contributed by atoms with Crippen molar-refractivity contribution in [3.8, 4) is 0 Å². The molecule has 1 heterocycles. The van der Waals surface area contributed by atoms with Gasteiger partial charge in [-0.2, -0.15) is 0 Å². The smallest absolute Gasteiger partial charge is 0.349 e. The molecule has 3 aromatic rings. The van der Waals surface area contributed by atoms with Gasteiger partial charge in [-0.25, -0.2) is 4.79 Å². The number of unbranched alkanes of at least 4 members (excludes halogenated alkanes) is 1. The van der Waals surface area contributed by atoms with Crippen LogP contribution in [0.25, 0.3) is 21.7 Å². The van der Waals surface area contributed by atoms with Crippen LogP contribution in [0, 0.1) is 0 Å². The zero-order valence-electron chi connectivity index (χ0n) is 12.7. The molecule has 0 aliphatic rings. The second-order valence-corrected chi connectivity index (χ2v) is 6.32. The van der Waals surface area contributed by atoms with Crippen molar-refractivity contribution in [3.63, 3.8) is 0 Å². The van der Waals surface area contributed by atoms with Crippen molar-refractivity contribution in [3.05, 3.63) is 56.9 Å². The number of fused-ring (bicyclic) bond motifs is 3. The van der Waals surface area contributed by atoms with Crippen molar-refractivity contribution in [1.29, 1.82) is 0 Å². The number of rotatable bonds is 4. The van der Waals surface area contributed by atoms with Gasteiger partial charge in [-0.1, -0.05) is 41.4 Å². The lowest BCUT2D eigenvalue weighted by atomic mass is 10.0. The molecule has 0 fully saturated rings. The number of amides is 1. The maximum atomic E-state index is 12.2. The monoisotopic (exact) mass is 373 g/mol. The highest BCUT2D eigenvalue weighted by Gasteiger charge is 2.14. The molecule has 0 aliphatic heterocycles. The number of hydrogen-bond acceptors (Lipinski definition) is 3. The van der Waals surface area contributed by atoms with E-state index in [4.69, 9.17) is 4.42 Å². The van der Waals surface area contributed by atoms with Crippen molar-refractivity contribution in [2.75, 3.05) is 6.54 Å². The average molecular weight is 374 g/mol. The highest BCUT2D eigenvalue weighted by molar-refractivity contribution is 9.10. The summed E-state index contributed by atoms with van der Waals surface area (Å²) in [4.78, 5) is 24.3. The first-order valence-electron chi connectivity index (χ1n) is 7.54. The predicted molar refractivity (Wildman–Crippen MR) is 94.9 cm³/mol. The number of hydrogen-bond donors (Lipinski definition) is 1. The lowest BCUT2D eigenvalue weighted by molar-refractivity contribution is 0.0949. The fraction of sp³-hybridized carbons (Fsp3) is 0.222. The number of halogens is 1. The van der Waals surface area contributed by atoms with E-state index in [1.165, 1.54) is 0 Å². The summed E-state index contributed by atoms with van der Waals surface area (Å²) in [6, 6.07) is 11.1. The summed E-state index contributed by atoms with van der Waals surface area (Å²) in [7, 11) is 0. The minimum atomic E-state index is -0.608. The Morgan fingerprint density at radius 3 is 2.78 bits per heavy atom. The van der Waals surface area contributed by atoms with Gasteiger partial charge in [-0.05, 0) is 41.5 Å². The van der Waals surface area contributed by atoms with E-state index in [0.717, 1.165) is 33.5 Å². The predicted octanol–water partition coefficient (Wildman–Crippen LogP) is 4.24. The molecular weight excluding hydrogens is 358 g/mol. The molecule has 118 valence electrons. The van der Waals surface area contributed by atoms with Crippen LogP contribution < -0.4 is 10.9 Å². The average Bonchev–Trinajstić information content (AvgIpc) is 2.54. The van der Waals surface area contributed by atoms with Gasteiger partial charge in [-0.15, -0.1) is 0 Å². The molecule has 23 heavy (non-hydrogen) atoms. The molecular formula is C18H16BrNO3. The highest BCUT2D eigenvalue weighted by atomic mass is 79.9. The Labute approximate surface area is 141 Å². The van der Waals surface area contributed by atoms with Crippen LogP contribution in [0.15, 0.2) is 50.1 Å². The molecule has 0 radical (unpaired) electrons. The largest absolute Gasteiger partial charge is 0.422 e. The van der Waals surface area contributed by atoms with Gasteiger partial charge in [0.25, 0.3) is 5.91 Å². The first-order chi connectivity index (χ1) is 11.1. The standard InChI is InChI=1S/C18H16BrNO3/c1-2-3-8-20-17(21)15-10-14-13-6-5-12(19)9-11(13)4-7-16(14)23-18(15)22/h4-7,9-10H,2-3,8H2,1H3,(H,20,21). The van der Waals surface area contributed by atoms with Crippen LogP contribution >= 0.6 is 15.9 Å². The molecule has 1 N–H and O–H groups in total. The molecule has 5 heteroatoms. The summed E-state index contributed by atoms with van der Waals surface area (Å²) in [5.41, 5.74) is -0.0816.